The Labute approximate surface area is 422 Å². The van der Waals surface area contributed by atoms with Gasteiger partial charge in [-0.2, -0.15) is 132 Å². The van der Waals surface area contributed by atoms with Gasteiger partial charge in [-0.25, -0.2) is 0 Å². The highest BCUT2D eigenvalue weighted by molar-refractivity contribution is 7.20. The van der Waals surface area contributed by atoms with Gasteiger partial charge in [-0.1, -0.05) is 104 Å². The van der Waals surface area contributed by atoms with E-state index < -0.39 is 195 Å². The summed E-state index contributed by atoms with van der Waals surface area (Å²) < 4.78 is 343. The fraction of sp³-hybridized carbons (Fsp3) is 0.176. The monoisotopic (exact) mass is 1140 g/mol. The molecule has 0 spiro atoms. The summed E-state index contributed by atoms with van der Waals surface area (Å²) in [6, 6.07) is 10.7. The number of carbonyl (C=O) groups excluding carboxylic acids is 1. The van der Waals surface area contributed by atoms with Crippen molar-refractivity contribution in [3.05, 3.63) is 202 Å². The number of Topliss-reactive ketones (excluding diaryl/α,β-unsaturated/α-hetero) is 1. The topological polar surface area (TPSA) is 20.9 Å². The number of aromatic nitrogens is 1. The highest BCUT2D eigenvalue weighted by Crippen LogP contribution is 2.41. The minimum absolute atomic E-state index is 0.0963. The first kappa shape index (κ1) is 59.8. The van der Waals surface area contributed by atoms with Crippen molar-refractivity contribution in [2.75, 3.05) is 0 Å². The molecule has 0 bridgehead atoms. The van der Waals surface area contributed by atoms with Gasteiger partial charge in [-0.05, 0) is 35.7 Å². The maximum absolute atomic E-state index is 14.2. The van der Waals surface area contributed by atoms with Crippen LogP contribution >= 0.6 is 0 Å². The Bertz CT molecular complexity index is 2920. The summed E-state index contributed by atoms with van der Waals surface area (Å²) in [5.41, 5.74) is -28.5. The summed E-state index contributed by atoms with van der Waals surface area (Å²) in [7, 11) is 0. The number of rotatable bonds is 8. The van der Waals surface area contributed by atoms with Gasteiger partial charge in [0.25, 0.3) is 0 Å². The summed E-state index contributed by atoms with van der Waals surface area (Å²) in [6.45, 7) is 4.21. The number of pyridine rings is 1. The highest BCUT2D eigenvalue weighted by atomic mass is 19.4. The number of carbonyl (C=O) groups is 1. The van der Waals surface area contributed by atoms with Gasteiger partial charge in [0.05, 0.1) is 49.9 Å². The Morgan fingerprint density at radius 3 is 0.923 bits per heavy atom. The van der Waals surface area contributed by atoms with E-state index in [-0.39, 0.29) is 5.78 Å². The Morgan fingerprint density at radius 1 is 0.385 bits per heavy atom. The fourth-order valence-electron chi connectivity index (χ4n) is 8.59. The molecule has 2 nitrogen and oxygen atoms in total. The Balaban J connectivity index is 0.000000387. The van der Waals surface area contributed by atoms with E-state index in [9.17, 15) is 110 Å². The number of hydrogen-bond acceptors (Lipinski definition) is 1. The molecule has 0 N–H and O–H groups in total. The van der Waals surface area contributed by atoms with Crippen molar-refractivity contribution in [2.45, 2.75) is 56.0 Å². The van der Waals surface area contributed by atoms with E-state index in [0.29, 0.717) is 6.54 Å². The average molecular weight is 1140 g/mol. The van der Waals surface area contributed by atoms with Crippen LogP contribution in [-0.4, -0.2) is 11.9 Å². The number of fused-ring (bicyclic) bond motifs is 1. The van der Waals surface area contributed by atoms with Crippen molar-refractivity contribution in [3.8, 4) is 0 Å². The van der Waals surface area contributed by atoms with E-state index in [1.165, 1.54) is 0 Å². The molecule has 6 aromatic carbocycles. The predicted molar refractivity (Wildman–Crippen MR) is 235 cm³/mol. The quantitative estimate of drug-likeness (QED) is 0.0643. The number of halogens is 24. The maximum Gasteiger partial charge on any atom is 0.416 e. The van der Waals surface area contributed by atoms with E-state index in [1.54, 1.807) is 6.08 Å². The van der Waals surface area contributed by atoms with Crippen LogP contribution in [0.4, 0.5) is 105 Å². The number of nitrogens with zero attached hydrogens (tertiary/aromatic N) is 1. The molecule has 0 unspecified atom stereocenters. The molecule has 0 radical (unpaired) electrons. The molecule has 0 saturated heterocycles. The largest absolute Gasteiger partial charge is 0.416 e. The van der Waals surface area contributed by atoms with Gasteiger partial charge in [0, 0.05) is 17.7 Å². The molecule has 0 atom stereocenters. The first-order valence-corrected chi connectivity index (χ1v) is 21.5. The molecular formula is C51H28BF24NO. The van der Waals surface area contributed by atoms with Crippen molar-refractivity contribution >= 4 is 50.6 Å². The molecule has 0 aliphatic rings. The van der Waals surface area contributed by atoms with Gasteiger partial charge < -0.3 is 0 Å². The Morgan fingerprint density at radius 2 is 0.654 bits per heavy atom. The molecule has 7 rings (SSSR count). The van der Waals surface area contributed by atoms with Crippen molar-refractivity contribution in [3.63, 3.8) is 0 Å². The third-order valence-electron chi connectivity index (χ3n) is 12.0. The summed E-state index contributed by atoms with van der Waals surface area (Å²) >= 11 is 0. The number of hydrogen-bond donors (Lipinski definition) is 0. The molecule has 0 aliphatic carbocycles. The lowest BCUT2D eigenvalue weighted by Gasteiger charge is -2.46. The molecule has 0 saturated carbocycles. The van der Waals surface area contributed by atoms with Gasteiger partial charge in [0.2, 0.25) is 18.0 Å². The van der Waals surface area contributed by atoms with Crippen molar-refractivity contribution in [1.82, 2.24) is 0 Å². The third-order valence-corrected chi connectivity index (χ3v) is 12.0. The van der Waals surface area contributed by atoms with Gasteiger partial charge in [-0.15, -0.1) is 0 Å². The van der Waals surface area contributed by atoms with E-state index in [2.05, 4.69) is 18.7 Å². The lowest BCUT2D eigenvalue weighted by atomic mass is 9.12. The molecule has 0 fully saturated rings. The molecule has 27 heteroatoms. The Kier molecular flexibility index (Phi) is 15.9. The summed E-state index contributed by atoms with van der Waals surface area (Å²) in [6.07, 6.45) is -51.1. The van der Waals surface area contributed by atoms with Crippen molar-refractivity contribution in [2.24, 2.45) is 0 Å². The van der Waals surface area contributed by atoms with Gasteiger partial charge in [0.15, 0.2) is 6.20 Å². The van der Waals surface area contributed by atoms with E-state index in [0.717, 1.165) is 22.0 Å². The number of ketones is 1. The zero-order valence-electron chi connectivity index (χ0n) is 38.3. The van der Waals surface area contributed by atoms with E-state index >= 15 is 0 Å². The molecule has 1 aromatic heterocycles. The Hall–Kier alpha value is -7.48. The normalized spacial score (nSPS) is 13.3. The smallest absolute Gasteiger partial charge is 0.287 e. The van der Waals surface area contributed by atoms with E-state index in [4.69, 9.17) is 0 Å². The standard InChI is InChI=1S/C32H12BF24.C19H16NO/c34-25(35,36)13-1-14(26(37,38)39)6-21(5-13)33(22-7-15(27(40,41)42)2-16(8-22)28(43,44)45,23-9-17(29(46,47)48)3-18(10-23)30(49,50)51)24-11-19(31(52,53)54)4-20(12-24)32(55,56)57;1-2-18-17-11-7-6-8-15(17)12-13-20(18)14-19(21)16-9-4-3-5-10-16/h1-12H;2-13H,1,14H2/q-1;+1. The summed E-state index contributed by atoms with van der Waals surface area (Å²) in [4.78, 5) is 12.4. The van der Waals surface area contributed by atoms with Crippen LogP contribution in [0.25, 0.3) is 16.8 Å². The zero-order valence-corrected chi connectivity index (χ0v) is 38.3. The van der Waals surface area contributed by atoms with Gasteiger partial charge in [0.1, 0.15) is 6.15 Å². The average Bonchev–Trinajstić information content (AvgIpc) is 3.32. The molecule has 78 heavy (non-hydrogen) atoms. The molecule has 0 aliphatic heterocycles. The van der Waals surface area contributed by atoms with Crippen LogP contribution in [0.15, 0.2) is 146 Å². The minimum atomic E-state index is -6.13. The summed E-state index contributed by atoms with van der Waals surface area (Å²) in [5.74, 6) is 0.0963. The first-order chi connectivity index (χ1) is 35.6. The van der Waals surface area contributed by atoms with Crippen LogP contribution in [-0.2, 0) is 56.0 Å². The summed E-state index contributed by atoms with van der Waals surface area (Å²) in [5, 5.41) is 2.26. The SMILES string of the molecule is C=Cc1c2ccccc2cc[n+]1CC(=O)c1ccccc1.FC(F)(F)c1cc([B-](c2cc(C(F)(F)F)cc(C(F)(F)F)c2)(c2cc(C(F)(F)F)cc(C(F)(F)F)c2)c2cc(C(F)(F)F)cc(C(F)(F)F)c2)cc(C(F)(F)F)c1. The van der Waals surface area contributed by atoms with Gasteiger partial charge in [-0.3, -0.25) is 4.79 Å². The molecular weight excluding hydrogens is 1110 g/mol. The molecule has 1 heterocycles. The van der Waals surface area contributed by atoms with Crippen LogP contribution < -0.4 is 26.4 Å². The lowest BCUT2D eigenvalue weighted by molar-refractivity contribution is -0.683. The van der Waals surface area contributed by atoms with E-state index in [1.807, 2.05) is 59.3 Å². The second-order valence-electron chi connectivity index (χ2n) is 17.1. The first-order valence-electron chi connectivity index (χ1n) is 21.5. The molecule has 0 amide bonds. The fourth-order valence-corrected chi connectivity index (χ4v) is 8.59. The van der Waals surface area contributed by atoms with Crippen LogP contribution in [0.5, 0.6) is 0 Å². The van der Waals surface area contributed by atoms with Gasteiger partial charge >= 0.3 is 49.4 Å². The van der Waals surface area contributed by atoms with Crippen LogP contribution in [0.3, 0.4) is 0 Å². The number of benzene rings is 6. The zero-order chi connectivity index (χ0) is 58.6. The third kappa shape index (κ3) is 13.1. The van der Waals surface area contributed by atoms with Crippen LogP contribution in [0, 0.1) is 0 Å². The minimum Gasteiger partial charge on any atom is -0.287 e. The second kappa shape index (κ2) is 20.7. The predicted octanol–water partition coefficient (Wildman–Crippen LogP) is 14.9. The maximum atomic E-state index is 14.2. The van der Waals surface area contributed by atoms with Crippen LogP contribution in [0.2, 0.25) is 0 Å². The van der Waals surface area contributed by atoms with Crippen molar-refractivity contribution < 1.29 is 115 Å². The molecule has 7 aromatic rings. The lowest BCUT2D eigenvalue weighted by Crippen LogP contribution is -2.75. The highest BCUT2D eigenvalue weighted by Gasteiger charge is 2.47. The molecule has 414 valence electrons. The number of alkyl halides is 24. The second-order valence-corrected chi connectivity index (χ2v) is 17.1. The van der Waals surface area contributed by atoms with Crippen molar-refractivity contribution in [1.29, 1.82) is 0 Å². The van der Waals surface area contributed by atoms with Crippen LogP contribution in [0.1, 0.15) is 60.6 Å².